The highest BCUT2D eigenvalue weighted by Crippen LogP contribution is 2.24. The summed E-state index contributed by atoms with van der Waals surface area (Å²) in [6.45, 7) is 5.11. The van der Waals surface area contributed by atoms with Crippen LogP contribution in [0.2, 0.25) is 0 Å². The van der Waals surface area contributed by atoms with Gasteiger partial charge in [-0.1, -0.05) is 13.8 Å². The monoisotopic (exact) mass is 191 g/mol. The molecule has 4 heteroatoms. The average molecular weight is 191 g/mol. The highest BCUT2D eigenvalue weighted by molar-refractivity contribution is 5.79. The molecule has 2 nitrogen and oxygen atoms in total. The first-order valence-electron chi connectivity index (χ1n) is 4.59. The average Bonchev–Trinajstić information content (AvgIpc) is 2.50. The van der Waals surface area contributed by atoms with Crippen molar-refractivity contribution in [3.8, 4) is 0 Å². The van der Waals surface area contributed by atoms with Crippen LogP contribution in [0.5, 0.6) is 0 Å². The Balaban J connectivity index is 2.45. The lowest BCUT2D eigenvalue weighted by atomic mass is 9.95. The second-order valence-electron chi connectivity index (χ2n) is 3.88. The zero-order valence-corrected chi connectivity index (χ0v) is 7.96. The van der Waals surface area contributed by atoms with Crippen molar-refractivity contribution in [2.45, 2.75) is 26.7 Å². The minimum absolute atomic E-state index is 0.391. The van der Waals surface area contributed by atoms with Crippen LogP contribution in [-0.4, -0.2) is 30.3 Å². The van der Waals surface area contributed by atoms with Crippen LogP contribution in [0.1, 0.15) is 20.3 Å². The van der Waals surface area contributed by atoms with Crippen LogP contribution < -0.4 is 0 Å². The molecule has 0 unspecified atom stereocenters. The molecule has 0 bridgehead atoms. The Kier molecular flexibility index (Phi) is 3.22. The zero-order chi connectivity index (χ0) is 10.0. The van der Waals surface area contributed by atoms with Gasteiger partial charge in [-0.2, -0.15) is 8.78 Å². The molecule has 0 aliphatic carbocycles. The second-order valence-corrected chi connectivity index (χ2v) is 3.88. The second kappa shape index (κ2) is 4.03. The molecule has 1 saturated heterocycles. The Labute approximate surface area is 76.9 Å². The fourth-order valence-electron chi connectivity index (χ4n) is 1.67. The van der Waals surface area contributed by atoms with Gasteiger partial charge in [0.1, 0.15) is 0 Å². The van der Waals surface area contributed by atoms with Crippen molar-refractivity contribution in [1.82, 2.24) is 4.90 Å². The van der Waals surface area contributed by atoms with Gasteiger partial charge in [-0.05, 0) is 18.3 Å². The van der Waals surface area contributed by atoms with E-state index in [2.05, 4.69) is 13.8 Å². The predicted molar refractivity (Wildman–Crippen MR) is 45.5 cm³/mol. The molecule has 1 heterocycles. The van der Waals surface area contributed by atoms with E-state index in [1.54, 1.807) is 0 Å². The molecular formula is C9H15F2NO. The van der Waals surface area contributed by atoms with Gasteiger partial charge in [0.05, 0.1) is 0 Å². The number of hydrogen-bond donors (Lipinski definition) is 0. The molecule has 0 aromatic rings. The van der Waals surface area contributed by atoms with Crippen LogP contribution in [0.4, 0.5) is 8.78 Å². The minimum atomic E-state index is -2.84. The number of halogens is 2. The number of likely N-dealkylation sites (tertiary alicyclic amines) is 1. The van der Waals surface area contributed by atoms with E-state index in [4.69, 9.17) is 0 Å². The molecule has 0 aromatic heterocycles. The van der Waals surface area contributed by atoms with E-state index < -0.39 is 12.3 Å². The van der Waals surface area contributed by atoms with Crippen LogP contribution in [0.3, 0.4) is 0 Å². The number of amides is 1. The van der Waals surface area contributed by atoms with Crippen LogP contribution in [-0.2, 0) is 4.79 Å². The Hall–Kier alpha value is -0.670. The van der Waals surface area contributed by atoms with E-state index in [9.17, 15) is 13.6 Å². The van der Waals surface area contributed by atoms with Crippen molar-refractivity contribution in [3.63, 3.8) is 0 Å². The molecule has 0 saturated carbocycles. The molecular weight excluding hydrogens is 176 g/mol. The van der Waals surface area contributed by atoms with E-state index >= 15 is 0 Å². The standard InChI is InChI=1S/C9H15F2NO/c1-6(2)7-3-4-12(5-7)9(13)8(10)11/h6-8H,3-5H2,1-2H3/t7-/m1/s1. The van der Waals surface area contributed by atoms with Crippen LogP contribution in [0, 0.1) is 11.8 Å². The summed E-state index contributed by atoms with van der Waals surface area (Å²) < 4.78 is 24.0. The fourth-order valence-corrected chi connectivity index (χ4v) is 1.67. The smallest absolute Gasteiger partial charge is 0.315 e. The van der Waals surface area contributed by atoms with Gasteiger partial charge in [0.25, 0.3) is 5.91 Å². The van der Waals surface area contributed by atoms with Crippen molar-refractivity contribution in [2.24, 2.45) is 11.8 Å². The van der Waals surface area contributed by atoms with Gasteiger partial charge in [-0.15, -0.1) is 0 Å². The van der Waals surface area contributed by atoms with Crippen LogP contribution >= 0.6 is 0 Å². The van der Waals surface area contributed by atoms with Crippen molar-refractivity contribution >= 4 is 5.91 Å². The van der Waals surface area contributed by atoms with Gasteiger partial charge in [-0.25, -0.2) is 0 Å². The first kappa shape index (κ1) is 10.4. The molecule has 13 heavy (non-hydrogen) atoms. The van der Waals surface area contributed by atoms with Crippen molar-refractivity contribution in [2.75, 3.05) is 13.1 Å². The Bertz CT molecular complexity index is 194. The van der Waals surface area contributed by atoms with Crippen LogP contribution in [0.25, 0.3) is 0 Å². The summed E-state index contributed by atoms with van der Waals surface area (Å²) in [4.78, 5) is 12.2. The summed E-state index contributed by atoms with van der Waals surface area (Å²) in [6.07, 6.45) is -1.98. The number of alkyl halides is 2. The molecule has 0 aromatic carbocycles. The molecule has 1 aliphatic rings. The Morgan fingerprint density at radius 1 is 1.46 bits per heavy atom. The first-order valence-corrected chi connectivity index (χ1v) is 4.59. The van der Waals surface area contributed by atoms with Crippen molar-refractivity contribution in [1.29, 1.82) is 0 Å². The van der Waals surface area contributed by atoms with Gasteiger partial charge >= 0.3 is 6.43 Å². The molecule has 1 rings (SSSR count). The molecule has 1 aliphatic heterocycles. The molecule has 76 valence electrons. The molecule has 1 amide bonds. The van der Waals surface area contributed by atoms with Gasteiger partial charge < -0.3 is 4.90 Å². The fraction of sp³-hybridized carbons (Fsp3) is 0.889. The number of carbonyl (C=O) groups is 1. The third-order valence-electron chi connectivity index (χ3n) is 2.67. The number of hydrogen-bond acceptors (Lipinski definition) is 1. The molecule has 0 N–H and O–H groups in total. The SMILES string of the molecule is CC(C)[C@@H]1CCN(C(=O)C(F)F)C1. The highest BCUT2D eigenvalue weighted by atomic mass is 19.3. The van der Waals surface area contributed by atoms with E-state index in [1.165, 1.54) is 4.90 Å². The summed E-state index contributed by atoms with van der Waals surface area (Å²) in [7, 11) is 0. The summed E-state index contributed by atoms with van der Waals surface area (Å²) >= 11 is 0. The van der Waals surface area contributed by atoms with Gasteiger partial charge in [0.15, 0.2) is 0 Å². The maximum Gasteiger partial charge on any atom is 0.315 e. The number of nitrogens with zero attached hydrogens (tertiary/aromatic N) is 1. The molecule has 1 fully saturated rings. The van der Waals surface area contributed by atoms with E-state index in [0.717, 1.165) is 6.42 Å². The lowest BCUT2D eigenvalue weighted by Crippen LogP contribution is -2.34. The molecule has 0 spiro atoms. The molecule has 1 atom stereocenters. The van der Waals surface area contributed by atoms with Gasteiger partial charge in [-0.3, -0.25) is 4.79 Å². The highest BCUT2D eigenvalue weighted by Gasteiger charge is 2.31. The topological polar surface area (TPSA) is 20.3 Å². The van der Waals surface area contributed by atoms with E-state index in [-0.39, 0.29) is 0 Å². The first-order chi connectivity index (χ1) is 6.02. The predicted octanol–water partition coefficient (Wildman–Crippen LogP) is 1.76. The van der Waals surface area contributed by atoms with Crippen molar-refractivity contribution < 1.29 is 13.6 Å². The maximum atomic E-state index is 12.0. The lowest BCUT2D eigenvalue weighted by molar-refractivity contribution is -0.141. The lowest BCUT2D eigenvalue weighted by Gasteiger charge is -2.17. The van der Waals surface area contributed by atoms with Gasteiger partial charge in [0.2, 0.25) is 0 Å². The Morgan fingerprint density at radius 2 is 2.08 bits per heavy atom. The van der Waals surface area contributed by atoms with E-state index in [1.807, 2.05) is 0 Å². The third-order valence-corrected chi connectivity index (χ3v) is 2.67. The Morgan fingerprint density at radius 3 is 2.46 bits per heavy atom. The van der Waals surface area contributed by atoms with Crippen LogP contribution in [0.15, 0.2) is 0 Å². The number of rotatable bonds is 2. The summed E-state index contributed by atoms with van der Waals surface area (Å²) in [5.41, 5.74) is 0. The largest absolute Gasteiger partial charge is 0.337 e. The van der Waals surface area contributed by atoms with Crippen molar-refractivity contribution in [3.05, 3.63) is 0 Å². The summed E-state index contributed by atoms with van der Waals surface area (Å²) in [6, 6.07) is 0. The maximum absolute atomic E-state index is 12.0. The summed E-state index contributed by atoms with van der Waals surface area (Å²) in [5, 5.41) is 0. The quantitative estimate of drug-likeness (QED) is 0.651. The minimum Gasteiger partial charge on any atom is -0.337 e. The summed E-state index contributed by atoms with van der Waals surface area (Å²) in [5.74, 6) is -0.152. The normalized spacial score (nSPS) is 23.2. The number of carbonyl (C=O) groups excluding carboxylic acids is 1. The van der Waals surface area contributed by atoms with E-state index in [0.29, 0.717) is 24.9 Å². The third kappa shape index (κ3) is 2.39. The van der Waals surface area contributed by atoms with Gasteiger partial charge in [0, 0.05) is 13.1 Å². The molecule has 0 radical (unpaired) electrons. The zero-order valence-electron chi connectivity index (χ0n) is 7.96.